The molecule has 0 aliphatic heterocycles. The maximum absolute atomic E-state index is 12.3. The van der Waals surface area contributed by atoms with Crippen molar-refractivity contribution in [3.63, 3.8) is 0 Å². The van der Waals surface area contributed by atoms with Crippen LogP contribution in [0, 0.1) is 10.8 Å². The van der Waals surface area contributed by atoms with Crippen LogP contribution in [-0.2, 0) is 9.53 Å². The molecule has 2 atom stereocenters. The minimum absolute atomic E-state index is 0.0831. The first-order valence-corrected chi connectivity index (χ1v) is 7.11. The highest BCUT2D eigenvalue weighted by molar-refractivity contribution is 5.83. The lowest BCUT2D eigenvalue weighted by Gasteiger charge is -2.27. The molecule has 0 radical (unpaired) electrons. The topological polar surface area (TPSA) is 55.6 Å². The van der Waals surface area contributed by atoms with Gasteiger partial charge in [-0.3, -0.25) is 4.79 Å². The Labute approximate surface area is 117 Å². The molecular weight excluding hydrogens is 240 g/mol. The van der Waals surface area contributed by atoms with Crippen molar-refractivity contribution in [3.8, 4) is 0 Å². The SMILES string of the molecule is CN(C)CCCOC(=O)C1(CC(C)(C)C)CC1(C)N. The van der Waals surface area contributed by atoms with Gasteiger partial charge in [-0.2, -0.15) is 0 Å². The second-order valence-electron chi connectivity index (χ2n) is 7.71. The predicted octanol–water partition coefficient (Wildman–Crippen LogP) is 2.02. The van der Waals surface area contributed by atoms with Crippen molar-refractivity contribution in [2.45, 2.75) is 52.5 Å². The minimum Gasteiger partial charge on any atom is -0.465 e. The first-order chi connectivity index (χ1) is 8.50. The first-order valence-electron chi connectivity index (χ1n) is 7.11. The Kier molecular flexibility index (Phi) is 4.68. The number of carbonyl (C=O) groups is 1. The van der Waals surface area contributed by atoms with Gasteiger partial charge in [-0.1, -0.05) is 20.8 Å². The van der Waals surface area contributed by atoms with Crippen LogP contribution in [0.4, 0.5) is 0 Å². The molecule has 1 fully saturated rings. The van der Waals surface area contributed by atoms with Crippen LogP contribution in [0.1, 0.15) is 47.0 Å². The number of ether oxygens (including phenoxy) is 1. The molecular formula is C15H30N2O2. The highest BCUT2D eigenvalue weighted by atomic mass is 16.5. The van der Waals surface area contributed by atoms with Crippen LogP contribution in [0.5, 0.6) is 0 Å². The molecule has 0 saturated heterocycles. The van der Waals surface area contributed by atoms with E-state index in [0.717, 1.165) is 25.8 Å². The monoisotopic (exact) mass is 270 g/mol. The Balaban J connectivity index is 2.52. The summed E-state index contributed by atoms with van der Waals surface area (Å²) in [5.41, 5.74) is 5.41. The van der Waals surface area contributed by atoms with E-state index in [-0.39, 0.29) is 11.4 Å². The lowest BCUT2D eigenvalue weighted by Crippen LogP contribution is -2.37. The maximum atomic E-state index is 12.3. The number of nitrogens with two attached hydrogens (primary N) is 1. The van der Waals surface area contributed by atoms with E-state index >= 15 is 0 Å². The standard InChI is InChI=1S/C15H30N2O2/c1-13(2,3)10-15(11-14(15,4)16)12(18)19-9-7-8-17(5)6/h7-11,16H2,1-6H3. The molecule has 2 unspecified atom stereocenters. The summed E-state index contributed by atoms with van der Waals surface area (Å²) in [4.78, 5) is 14.4. The smallest absolute Gasteiger partial charge is 0.314 e. The molecule has 19 heavy (non-hydrogen) atoms. The summed E-state index contributed by atoms with van der Waals surface area (Å²) in [5.74, 6) is -0.105. The fraction of sp³-hybridized carbons (Fsp3) is 0.933. The van der Waals surface area contributed by atoms with Gasteiger partial charge in [-0.05, 0) is 45.7 Å². The van der Waals surface area contributed by atoms with E-state index in [4.69, 9.17) is 10.5 Å². The summed E-state index contributed by atoms with van der Waals surface area (Å²) in [6, 6.07) is 0. The van der Waals surface area contributed by atoms with Gasteiger partial charge < -0.3 is 15.4 Å². The van der Waals surface area contributed by atoms with Gasteiger partial charge in [0, 0.05) is 12.1 Å². The lowest BCUT2D eigenvalue weighted by atomic mass is 9.80. The Morgan fingerprint density at radius 1 is 1.37 bits per heavy atom. The highest BCUT2D eigenvalue weighted by Gasteiger charge is 2.68. The van der Waals surface area contributed by atoms with Crippen LogP contribution in [0.25, 0.3) is 0 Å². The van der Waals surface area contributed by atoms with Crippen molar-refractivity contribution in [1.82, 2.24) is 4.90 Å². The molecule has 112 valence electrons. The van der Waals surface area contributed by atoms with Crippen molar-refractivity contribution >= 4 is 5.97 Å². The van der Waals surface area contributed by atoms with Crippen molar-refractivity contribution in [3.05, 3.63) is 0 Å². The zero-order chi connectivity index (χ0) is 14.9. The molecule has 4 nitrogen and oxygen atoms in total. The minimum atomic E-state index is -0.469. The van der Waals surface area contributed by atoms with E-state index in [2.05, 4.69) is 25.7 Å². The molecule has 0 heterocycles. The van der Waals surface area contributed by atoms with Gasteiger partial charge >= 0.3 is 5.97 Å². The molecule has 1 aliphatic carbocycles. The Morgan fingerprint density at radius 2 is 1.89 bits per heavy atom. The number of hydrogen-bond acceptors (Lipinski definition) is 4. The summed E-state index contributed by atoms with van der Waals surface area (Å²) >= 11 is 0. The lowest BCUT2D eigenvalue weighted by molar-refractivity contribution is -0.152. The molecule has 4 heteroatoms. The van der Waals surface area contributed by atoms with Crippen molar-refractivity contribution in [2.75, 3.05) is 27.2 Å². The summed E-state index contributed by atoms with van der Waals surface area (Å²) in [6.45, 7) is 9.80. The number of hydrogen-bond donors (Lipinski definition) is 1. The summed E-state index contributed by atoms with van der Waals surface area (Å²) in [6.07, 6.45) is 2.40. The highest BCUT2D eigenvalue weighted by Crippen LogP contribution is 2.60. The van der Waals surface area contributed by atoms with Crippen LogP contribution in [0.2, 0.25) is 0 Å². The van der Waals surface area contributed by atoms with E-state index in [1.165, 1.54) is 0 Å². The molecule has 1 rings (SSSR count). The quantitative estimate of drug-likeness (QED) is 0.592. The number of nitrogens with zero attached hydrogens (tertiary/aromatic N) is 1. The molecule has 1 saturated carbocycles. The molecule has 0 aromatic rings. The zero-order valence-electron chi connectivity index (χ0n) is 13.4. The number of esters is 1. The molecule has 0 aromatic heterocycles. The average molecular weight is 270 g/mol. The second-order valence-corrected chi connectivity index (χ2v) is 7.71. The second kappa shape index (κ2) is 5.41. The van der Waals surface area contributed by atoms with Crippen molar-refractivity contribution in [1.29, 1.82) is 0 Å². The molecule has 0 aromatic carbocycles. The normalized spacial score (nSPS) is 30.5. The fourth-order valence-corrected chi connectivity index (χ4v) is 2.81. The van der Waals surface area contributed by atoms with E-state index in [1.807, 2.05) is 21.0 Å². The van der Waals surface area contributed by atoms with Crippen LogP contribution < -0.4 is 5.73 Å². The molecule has 0 spiro atoms. The summed E-state index contributed by atoms with van der Waals surface area (Å²) in [7, 11) is 4.03. The Hall–Kier alpha value is -0.610. The first kappa shape index (κ1) is 16.4. The summed E-state index contributed by atoms with van der Waals surface area (Å²) in [5, 5.41) is 0. The fourth-order valence-electron chi connectivity index (χ4n) is 2.81. The van der Waals surface area contributed by atoms with E-state index in [0.29, 0.717) is 6.61 Å². The Morgan fingerprint density at radius 3 is 2.26 bits per heavy atom. The van der Waals surface area contributed by atoms with E-state index in [1.54, 1.807) is 0 Å². The van der Waals surface area contributed by atoms with Gasteiger partial charge in [0.25, 0.3) is 0 Å². The van der Waals surface area contributed by atoms with Gasteiger partial charge in [0.15, 0.2) is 0 Å². The maximum Gasteiger partial charge on any atom is 0.314 e. The molecule has 0 amide bonds. The number of carbonyl (C=O) groups excluding carboxylic acids is 1. The van der Waals surface area contributed by atoms with Gasteiger partial charge in [0.2, 0.25) is 0 Å². The third kappa shape index (κ3) is 4.18. The van der Waals surface area contributed by atoms with Crippen LogP contribution in [0.15, 0.2) is 0 Å². The zero-order valence-corrected chi connectivity index (χ0v) is 13.4. The van der Waals surface area contributed by atoms with Gasteiger partial charge in [-0.25, -0.2) is 0 Å². The van der Waals surface area contributed by atoms with Gasteiger partial charge in [0.1, 0.15) is 0 Å². The Bertz CT molecular complexity index is 332. The van der Waals surface area contributed by atoms with Crippen molar-refractivity contribution < 1.29 is 9.53 Å². The van der Waals surface area contributed by atoms with E-state index < -0.39 is 11.0 Å². The largest absolute Gasteiger partial charge is 0.465 e. The summed E-state index contributed by atoms with van der Waals surface area (Å²) < 4.78 is 5.46. The number of rotatable bonds is 6. The molecule has 2 N–H and O–H groups in total. The van der Waals surface area contributed by atoms with E-state index in [9.17, 15) is 4.79 Å². The predicted molar refractivity (Wildman–Crippen MR) is 77.8 cm³/mol. The van der Waals surface area contributed by atoms with Gasteiger partial charge in [-0.15, -0.1) is 0 Å². The average Bonchev–Trinajstić information content (AvgIpc) is 2.73. The van der Waals surface area contributed by atoms with Crippen molar-refractivity contribution in [2.24, 2.45) is 16.6 Å². The third-order valence-electron chi connectivity index (χ3n) is 3.84. The third-order valence-corrected chi connectivity index (χ3v) is 3.84. The van der Waals surface area contributed by atoms with Crippen LogP contribution >= 0.6 is 0 Å². The van der Waals surface area contributed by atoms with Crippen LogP contribution in [0.3, 0.4) is 0 Å². The molecule has 1 aliphatic rings. The van der Waals surface area contributed by atoms with Gasteiger partial charge in [0.05, 0.1) is 12.0 Å². The van der Waals surface area contributed by atoms with Crippen LogP contribution in [-0.4, -0.2) is 43.7 Å². The molecule has 0 bridgehead atoms.